The van der Waals surface area contributed by atoms with Crippen LogP contribution in [0, 0.1) is 0 Å². The number of methoxy groups -OCH3 is 1. The van der Waals surface area contributed by atoms with Crippen molar-refractivity contribution in [1.29, 1.82) is 0 Å². The molecule has 0 bridgehead atoms. The highest BCUT2D eigenvalue weighted by Crippen LogP contribution is 2.18. The van der Waals surface area contributed by atoms with Crippen molar-refractivity contribution in [3.05, 3.63) is 24.3 Å². The third kappa shape index (κ3) is 6.58. The van der Waals surface area contributed by atoms with Gasteiger partial charge in [0.1, 0.15) is 18.1 Å². The summed E-state index contributed by atoms with van der Waals surface area (Å²) in [4.78, 5) is 28.0. The van der Waals surface area contributed by atoms with Gasteiger partial charge in [0.05, 0.1) is 20.2 Å². The summed E-state index contributed by atoms with van der Waals surface area (Å²) in [6.07, 6.45) is 5.86. The number of nitrogens with zero attached hydrogens (tertiary/aromatic N) is 2. The van der Waals surface area contributed by atoms with E-state index in [1.807, 2.05) is 24.3 Å². The zero-order valence-corrected chi connectivity index (χ0v) is 15.9. The van der Waals surface area contributed by atoms with Gasteiger partial charge in [-0.3, -0.25) is 9.59 Å². The van der Waals surface area contributed by atoms with Crippen LogP contribution in [-0.4, -0.2) is 62.0 Å². The molecule has 2 rings (SSSR count). The Labute approximate surface area is 156 Å². The number of hydrogen-bond donors (Lipinski definition) is 0. The van der Waals surface area contributed by atoms with Crippen LogP contribution in [0.3, 0.4) is 0 Å². The van der Waals surface area contributed by atoms with Crippen LogP contribution in [0.15, 0.2) is 24.3 Å². The number of likely N-dealkylation sites (N-methyl/N-ethyl adjacent to an activating group) is 1. The van der Waals surface area contributed by atoms with Crippen LogP contribution in [0.5, 0.6) is 11.5 Å². The Hall–Kier alpha value is -2.24. The maximum absolute atomic E-state index is 12.4. The third-order valence-corrected chi connectivity index (χ3v) is 4.66. The summed E-state index contributed by atoms with van der Waals surface area (Å²) in [5.41, 5.74) is 0. The highest BCUT2D eigenvalue weighted by Gasteiger charge is 2.19. The standard InChI is InChI=1S/C20H30N2O4/c1-21(13-14-26-18-10-8-9-17(15-18)25-2)20(24)16-22-12-7-5-3-4-6-11-19(22)23/h8-10,15H,3-7,11-14,16H2,1-2H3. The number of ether oxygens (including phenoxy) is 2. The molecular formula is C20H30N2O4. The zero-order valence-electron chi connectivity index (χ0n) is 15.9. The summed E-state index contributed by atoms with van der Waals surface area (Å²) >= 11 is 0. The molecule has 26 heavy (non-hydrogen) atoms. The molecule has 1 aromatic carbocycles. The second-order valence-corrected chi connectivity index (χ2v) is 6.68. The van der Waals surface area contributed by atoms with Crippen molar-refractivity contribution in [2.45, 2.75) is 38.5 Å². The second-order valence-electron chi connectivity index (χ2n) is 6.68. The van der Waals surface area contributed by atoms with Crippen LogP contribution in [0.4, 0.5) is 0 Å². The number of amides is 2. The van der Waals surface area contributed by atoms with Crippen molar-refractivity contribution in [2.24, 2.45) is 0 Å². The largest absolute Gasteiger partial charge is 0.497 e. The number of carbonyl (C=O) groups excluding carboxylic acids is 2. The Bertz CT molecular complexity index is 591. The number of hydrogen-bond acceptors (Lipinski definition) is 4. The van der Waals surface area contributed by atoms with Crippen molar-refractivity contribution in [3.63, 3.8) is 0 Å². The maximum Gasteiger partial charge on any atom is 0.242 e. The van der Waals surface area contributed by atoms with E-state index >= 15 is 0 Å². The van der Waals surface area contributed by atoms with Gasteiger partial charge in [-0.15, -0.1) is 0 Å². The smallest absolute Gasteiger partial charge is 0.242 e. The zero-order chi connectivity index (χ0) is 18.8. The van der Waals surface area contributed by atoms with E-state index in [1.54, 1.807) is 24.0 Å². The first kappa shape index (κ1) is 20.1. The van der Waals surface area contributed by atoms with Gasteiger partial charge in [0.25, 0.3) is 0 Å². The lowest BCUT2D eigenvalue weighted by molar-refractivity contribution is -0.140. The Kier molecular flexibility index (Phi) is 8.25. The molecule has 0 spiro atoms. The molecule has 1 aromatic rings. The van der Waals surface area contributed by atoms with Crippen LogP contribution >= 0.6 is 0 Å². The molecule has 0 N–H and O–H groups in total. The summed E-state index contributed by atoms with van der Waals surface area (Å²) < 4.78 is 10.8. The molecule has 1 saturated heterocycles. The number of carbonyl (C=O) groups is 2. The van der Waals surface area contributed by atoms with Gasteiger partial charge in [-0.25, -0.2) is 0 Å². The molecule has 1 fully saturated rings. The van der Waals surface area contributed by atoms with Gasteiger partial charge in [-0.2, -0.15) is 0 Å². The van der Waals surface area contributed by atoms with E-state index in [0.717, 1.165) is 31.4 Å². The molecule has 0 aromatic heterocycles. The molecule has 2 amide bonds. The quantitative estimate of drug-likeness (QED) is 0.748. The highest BCUT2D eigenvalue weighted by atomic mass is 16.5. The molecule has 1 aliphatic heterocycles. The Morgan fingerprint density at radius 1 is 1.15 bits per heavy atom. The number of benzene rings is 1. The topological polar surface area (TPSA) is 59.1 Å². The van der Waals surface area contributed by atoms with Crippen molar-refractivity contribution in [2.75, 3.05) is 40.4 Å². The third-order valence-electron chi connectivity index (χ3n) is 4.66. The summed E-state index contributed by atoms with van der Waals surface area (Å²) in [6.45, 7) is 1.70. The molecule has 0 aliphatic carbocycles. The molecule has 0 atom stereocenters. The van der Waals surface area contributed by atoms with Gasteiger partial charge in [-0.1, -0.05) is 25.3 Å². The number of rotatable bonds is 7. The average Bonchev–Trinajstić information content (AvgIpc) is 2.75. The molecule has 1 aliphatic rings. The summed E-state index contributed by atoms with van der Waals surface area (Å²) in [5, 5.41) is 0. The van der Waals surface area contributed by atoms with E-state index in [2.05, 4.69) is 0 Å². The van der Waals surface area contributed by atoms with E-state index in [4.69, 9.17) is 9.47 Å². The molecule has 0 radical (unpaired) electrons. The Morgan fingerprint density at radius 2 is 1.88 bits per heavy atom. The van der Waals surface area contributed by atoms with Crippen LogP contribution in [0.25, 0.3) is 0 Å². The molecule has 0 unspecified atom stereocenters. The van der Waals surface area contributed by atoms with Crippen molar-refractivity contribution >= 4 is 11.8 Å². The lowest BCUT2D eigenvalue weighted by atomic mass is 10.1. The molecule has 144 valence electrons. The minimum absolute atomic E-state index is 0.0492. The lowest BCUT2D eigenvalue weighted by Gasteiger charge is -2.25. The first-order chi connectivity index (χ1) is 12.6. The SMILES string of the molecule is COc1cccc(OCCN(C)C(=O)CN2CCCCCCCC2=O)c1. The van der Waals surface area contributed by atoms with Gasteiger partial charge in [0.2, 0.25) is 11.8 Å². The van der Waals surface area contributed by atoms with E-state index in [0.29, 0.717) is 31.9 Å². The molecule has 6 heteroatoms. The van der Waals surface area contributed by atoms with Crippen molar-refractivity contribution in [1.82, 2.24) is 9.80 Å². The van der Waals surface area contributed by atoms with Gasteiger partial charge in [0, 0.05) is 26.1 Å². The second kappa shape index (κ2) is 10.7. The van der Waals surface area contributed by atoms with Crippen molar-refractivity contribution < 1.29 is 19.1 Å². The summed E-state index contributed by atoms with van der Waals surface area (Å²) in [5.74, 6) is 1.49. The predicted molar refractivity (Wildman–Crippen MR) is 100 cm³/mol. The predicted octanol–water partition coefficient (Wildman–Crippen LogP) is 2.72. The fourth-order valence-electron chi connectivity index (χ4n) is 2.96. The molecule has 6 nitrogen and oxygen atoms in total. The minimum Gasteiger partial charge on any atom is -0.497 e. The van der Waals surface area contributed by atoms with Crippen molar-refractivity contribution in [3.8, 4) is 11.5 Å². The van der Waals surface area contributed by atoms with E-state index in [-0.39, 0.29) is 18.4 Å². The summed E-state index contributed by atoms with van der Waals surface area (Å²) in [6, 6.07) is 7.38. The summed E-state index contributed by atoms with van der Waals surface area (Å²) in [7, 11) is 3.36. The van der Waals surface area contributed by atoms with Gasteiger partial charge >= 0.3 is 0 Å². The van der Waals surface area contributed by atoms with Crippen LogP contribution in [0.2, 0.25) is 0 Å². The molecular weight excluding hydrogens is 332 g/mol. The average molecular weight is 362 g/mol. The van der Waals surface area contributed by atoms with Crippen LogP contribution < -0.4 is 9.47 Å². The van der Waals surface area contributed by atoms with E-state index in [1.165, 1.54) is 6.42 Å². The Balaban J connectivity index is 1.77. The van der Waals surface area contributed by atoms with Gasteiger partial charge in [-0.05, 0) is 25.0 Å². The monoisotopic (exact) mass is 362 g/mol. The first-order valence-electron chi connectivity index (χ1n) is 9.39. The highest BCUT2D eigenvalue weighted by molar-refractivity contribution is 5.84. The fourth-order valence-corrected chi connectivity index (χ4v) is 2.96. The fraction of sp³-hybridized carbons (Fsp3) is 0.600. The Morgan fingerprint density at radius 3 is 2.69 bits per heavy atom. The normalized spacial score (nSPS) is 15.6. The van der Waals surface area contributed by atoms with Crippen LogP contribution in [-0.2, 0) is 9.59 Å². The van der Waals surface area contributed by atoms with Gasteiger partial charge in [0.15, 0.2) is 0 Å². The first-order valence-corrected chi connectivity index (χ1v) is 9.39. The van der Waals surface area contributed by atoms with Gasteiger partial charge < -0.3 is 19.3 Å². The lowest BCUT2D eigenvalue weighted by Crippen LogP contribution is -2.42. The molecule has 1 heterocycles. The minimum atomic E-state index is -0.0492. The maximum atomic E-state index is 12.4. The van der Waals surface area contributed by atoms with E-state index < -0.39 is 0 Å². The molecule has 0 saturated carbocycles. The van der Waals surface area contributed by atoms with E-state index in [9.17, 15) is 9.59 Å². The van der Waals surface area contributed by atoms with Crippen LogP contribution in [0.1, 0.15) is 38.5 Å².